The molecule has 92 valence electrons. The summed E-state index contributed by atoms with van der Waals surface area (Å²) in [5, 5.41) is 28.8. The summed E-state index contributed by atoms with van der Waals surface area (Å²) in [7, 11) is 0. The summed E-state index contributed by atoms with van der Waals surface area (Å²) >= 11 is 0. The first-order chi connectivity index (χ1) is 7.97. The molecule has 0 bridgehead atoms. The number of nitrogens with zero attached hydrogens (tertiary/aromatic N) is 1. The van der Waals surface area contributed by atoms with Crippen LogP contribution in [0.1, 0.15) is 18.9 Å². The van der Waals surface area contributed by atoms with Crippen LogP contribution in [0.3, 0.4) is 0 Å². The highest BCUT2D eigenvalue weighted by Gasteiger charge is 2.24. The summed E-state index contributed by atoms with van der Waals surface area (Å²) < 4.78 is 4.23. The maximum atomic E-state index is 10.8. The van der Waals surface area contributed by atoms with Gasteiger partial charge in [-0.15, -0.1) is 0 Å². The first-order valence-electron chi connectivity index (χ1n) is 4.87. The van der Waals surface area contributed by atoms with Gasteiger partial charge in [-0.3, -0.25) is 10.1 Å². The molecule has 0 aliphatic heterocycles. The number of carbonyl (C=O) groups is 1. The fourth-order valence-corrected chi connectivity index (χ4v) is 1.45. The van der Waals surface area contributed by atoms with Crippen molar-refractivity contribution in [1.82, 2.24) is 0 Å². The normalized spacial score (nSPS) is 9.94. The number of hydrogen-bond acceptors (Lipinski definition) is 5. The third-order valence-electron chi connectivity index (χ3n) is 2.10. The van der Waals surface area contributed by atoms with E-state index in [0.717, 1.165) is 0 Å². The standard InChI is InChI=1S/C10H11NO6/c1-2-3-6-4-5-7(17-10(13)14)9(12)8(6)11(15)16/h4-5,12H,2-3H2,1H3,(H,13,14). The Morgan fingerprint density at radius 3 is 2.65 bits per heavy atom. The van der Waals surface area contributed by atoms with Crippen LogP contribution in [0.2, 0.25) is 0 Å². The third kappa shape index (κ3) is 2.83. The van der Waals surface area contributed by atoms with Gasteiger partial charge in [-0.25, -0.2) is 4.79 Å². The lowest BCUT2D eigenvalue weighted by molar-refractivity contribution is -0.386. The summed E-state index contributed by atoms with van der Waals surface area (Å²) in [5.74, 6) is -1.20. The maximum Gasteiger partial charge on any atom is 0.511 e. The number of rotatable bonds is 4. The summed E-state index contributed by atoms with van der Waals surface area (Å²) in [4.78, 5) is 20.4. The van der Waals surface area contributed by atoms with Crippen molar-refractivity contribution < 1.29 is 24.7 Å². The van der Waals surface area contributed by atoms with Crippen LogP contribution in [0.15, 0.2) is 12.1 Å². The molecule has 1 aromatic rings. The summed E-state index contributed by atoms with van der Waals surface area (Å²) in [6.07, 6.45) is -0.561. The predicted molar refractivity (Wildman–Crippen MR) is 57.4 cm³/mol. The monoisotopic (exact) mass is 241 g/mol. The van der Waals surface area contributed by atoms with E-state index in [4.69, 9.17) is 5.11 Å². The van der Waals surface area contributed by atoms with Crippen LogP contribution in [-0.4, -0.2) is 21.3 Å². The van der Waals surface area contributed by atoms with Crippen molar-refractivity contribution in [2.75, 3.05) is 0 Å². The number of nitro groups is 1. The van der Waals surface area contributed by atoms with Gasteiger partial charge in [0.05, 0.1) is 4.92 Å². The number of aromatic hydroxyl groups is 1. The molecule has 2 N–H and O–H groups in total. The lowest BCUT2D eigenvalue weighted by Crippen LogP contribution is -2.05. The summed E-state index contributed by atoms with van der Waals surface area (Å²) in [5.41, 5.74) is -0.168. The van der Waals surface area contributed by atoms with E-state index in [1.54, 1.807) is 0 Å². The highest BCUT2D eigenvalue weighted by atomic mass is 16.7. The number of benzene rings is 1. The molecule has 0 heterocycles. The van der Waals surface area contributed by atoms with E-state index in [1.807, 2.05) is 6.92 Å². The number of phenols is 1. The van der Waals surface area contributed by atoms with Crippen LogP contribution in [-0.2, 0) is 6.42 Å². The Morgan fingerprint density at radius 1 is 1.53 bits per heavy atom. The second-order valence-electron chi connectivity index (χ2n) is 3.30. The van der Waals surface area contributed by atoms with Crippen molar-refractivity contribution in [2.24, 2.45) is 0 Å². The molecule has 7 heteroatoms. The molecule has 0 fully saturated rings. The van der Waals surface area contributed by atoms with Crippen LogP contribution in [0, 0.1) is 10.1 Å². The van der Waals surface area contributed by atoms with Gasteiger partial charge in [0, 0.05) is 5.56 Å². The Hall–Kier alpha value is -2.31. The zero-order valence-electron chi connectivity index (χ0n) is 9.04. The van der Waals surface area contributed by atoms with E-state index < -0.39 is 28.3 Å². The van der Waals surface area contributed by atoms with Gasteiger partial charge in [0.2, 0.25) is 5.75 Å². The number of phenolic OH excluding ortho intramolecular Hbond substituents is 1. The molecule has 7 nitrogen and oxygen atoms in total. The Morgan fingerprint density at radius 2 is 2.18 bits per heavy atom. The minimum absolute atomic E-state index is 0.340. The molecule has 17 heavy (non-hydrogen) atoms. The molecular weight excluding hydrogens is 230 g/mol. The highest BCUT2D eigenvalue weighted by molar-refractivity contribution is 5.67. The van der Waals surface area contributed by atoms with Gasteiger partial charge >= 0.3 is 11.8 Å². The molecule has 0 saturated heterocycles. The molecule has 0 unspecified atom stereocenters. The lowest BCUT2D eigenvalue weighted by atomic mass is 10.1. The molecular formula is C10H11NO6. The first-order valence-corrected chi connectivity index (χ1v) is 4.87. The number of carboxylic acid groups (broad SMARTS) is 1. The van der Waals surface area contributed by atoms with Gasteiger partial charge in [-0.1, -0.05) is 13.3 Å². The number of nitro benzene ring substituents is 1. The van der Waals surface area contributed by atoms with Gasteiger partial charge in [0.15, 0.2) is 5.75 Å². The second kappa shape index (κ2) is 5.15. The van der Waals surface area contributed by atoms with Gasteiger partial charge in [0.25, 0.3) is 0 Å². The fourth-order valence-electron chi connectivity index (χ4n) is 1.45. The SMILES string of the molecule is CCCc1ccc(OC(=O)O)c(O)c1[N+](=O)[O-]. The highest BCUT2D eigenvalue weighted by Crippen LogP contribution is 2.39. The molecule has 0 aliphatic carbocycles. The number of hydrogen-bond donors (Lipinski definition) is 2. The number of ether oxygens (including phenoxy) is 1. The van der Waals surface area contributed by atoms with Gasteiger partial charge < -0.3 is 14.9 Å². The minimum atomic E-state index is -1.64. The van der Waals surface area contributed by atoms with Crippen molar-refractivity contribution in [1.29, 1.82) is 0 Å². The largest absolute Gasteiger partial charge is 0.511 e. The Labute approximate surface area is 96.4 Å². The van der Waals surface area contributed by atoms with Gasteiger partial charge in [0.1, 0.15) is 0 Å². The van der Waals surface area contributed by atoms with Crippen LogP contribution in [0.25, 0.3) is 0 Å². The smallest absolute Gasteiger partial charge is 0.499 e. The van der Waals surface area contributed by atoms with E-state index in [0.29, 0.717) is 18.4 Å². The average Bonchev–Trinajstić information content (AvgIpc) is 2.21. The first kappa shape index (κ1) is 12.8. The Kier molecular flexibility index (Phi) is 3.86. The van der Waals surface area contributed by atoms with Crippen molar-refractivity contribution in [2.45, 2.75) is 19.8 Å². The summed E-state index contributed by atoms with van der Waals surface area (Å²) in [6, 6.07) is 2.57. The fraction of sp³-hybridized carbons (Fsp3) is 0.300. The molecule has 1 aromatic carbocycles. The van der Waals surface area contributed by atoms with Crippen LogP contribution >= 0.6 is 0 Å². The van der Waals surface area contributed by atoms with Crippen LogP contribution in [0.4, 0.5) is 10.5 Å². The number of aryl methyl sites for hydroxylation is 1. The molecule has 0 spiro atoms. The summed E-state index contributed by atoms with van der Waals surface area (Å²) in [6.45, 7) is 1.84. The molecule has 0 radical (unpaired) electrons. The molecule has 1 rings (SSSR count). The molecule has 0 atom stereocenters. The Bertz CT molecular complexity index is 456. The molecule has 0 amide bonds. The average molecular weight is 241 g/mol. The minimum Gasteiger partial charge on any atom is -0.499 e. The quantitative estimate of drug-likeness (QED) is 0.362. The molecule has 0 saturated carbocycles. The van der Waals surface area contributed by atoms with Crippen molar-refractivity contribution in [3.05, 3.63) is 27.8 Å². The van der Waals surface area contributed by atoms with E-state index in [2.05, 4.69) is 4.74 Å². The van der Waals surface area contributed by atoms with Crippen LogP contribution in [0.5, 0.6) is 11.5 Å². The van der Waals surface area contributed by atoms with E-state index in [9.17, 15) is 20.0 Å². The van der Waals surface area contributed by atoms with Gasteiger partial charge in [-0.2, -0.15) is 0 Å². The van der Waals surface area contributed by atoms with E-state index >= 15 is 0 Å². The zero-order chi connectivity index (χ0) is 13.0. The third-order valence-corrected chi connectivity index (χ3v) is 2.10. The molecule has 0 aromatic heterocycles. The van der Waals surface area contributed by atoms with Crippen molar-refractivity contribution in [3.63, 3.8) is 0 Å². The second-order valence-corrected chi connectivity index (χ2v) is 3.30. The predicted octanol–water partition coefficient (Wildman–Crippen LogP) is 2.31. The van der Waals surface area contributed by atoms with Crippen molar-refractivity contribution in [3.8, 4) is 11.5 Å². The molecule has 0 aliphatic rings. The van der Waals surface area contributed by atoms with E-state index in [-0.39, 0.29) is 0 Å². The van der Waals surface area contributed by atoms with Gasteiger partial charge in [-0.05, 0) is 18.6 Å². The van der Waals surface area contributed by atoms with Crippen LogP contribution < -0.4 is 4.74 Å². The topological polar surface area (TPSA) is 110 Å². The zero-order valence-corrected chi connectivity index (χ0v) is 9.04. The van der Waals surface area contributed by atoms with Crippen molar-refractivity contribution >= 4 is 11.8 Å². The van der Waals surface area contributed by atoms with E-state index in [1.165, 1.54) is 12.1 Å². The maximum absolute atomic E-state index is 10.8. The Balaban J connectivity index is 3.27. The lowest BCUT2D eigenvalue weighted by Gasteiger charge is -2.07.